The molecule has 2 rings (SSSR count). The van der Waals surface area contributed by atoms with E-state index in [0.717, 1.165) is 5.56 Å². The van der Waals surface area contributed by atoms with Gasteiger partial charge in [-0.3, -0.25) is 0 Å². The van der Waals surface area contributed by atoms with E-state index < -0.39 is 12.1 Å². The predicted octanol–water partition coefficient (Wildman–Crippen LogP) is 3.26. The number of rotatable bonds is 4. The van der Waals surface area contributed by atoms with Gasteiger partial charge in [0, 0.05) is 11.6 Å². The first-order valence-corrected chi connectivity index (χ1v) is 7.32. The second-order valence-electron chi connectivity index (χ2n) is 5.59. The van der Waals surface area contributed by atoms with Crippen molar-refractivity contribution in [2.45, 2.75) is 39.7 Å². The highest BCUT2D eigenvalue weighted by molar-refractivity contribution is 5.89. The van der Waals surface area contributed by atoms with Gasteiger partial charge < -0.3 is 15.1 Å². The molecule has 0 radical (unpaired) electrons. The van der Waals surface area contributed by atoms with E-state index in [1.165, 1.54) is 0 Å². The Morgan fingerprint density at radius 2 is 1.96 bits per heavy atom. The van der Waals surface area contributed by atoms with Crippen LogP contribution in [-0.2, 0) is 0 Å². The van der Waals surface area contributed by atoms with Gasteiger partial charge in [-0.05, 0) is 31.5 Å². The Morgan fingerprint density at radius 1 is 1.26 bits per heavy atom. The average Bonchev–Trinajstić information content (AvgIpc) is 2.99. The fourth-order valence-corrected chi connectivity index (χ4v) is 1.90. The lowest BCUT2D eigenvalue weighted by molar-refractivity contribution is 0.246. The standard InChI is InChI=1S/C16H19N5O2/c1-9(2)14-20-21-15(23-14)11(4)18-16(22)19-13-6-5-10(3)12(7-13)8-17/h5-7,9,11H,1-4H3,(H2,18,19,22). The zero-order chi connectivity index (χ0) is 17.0. The molecule has 0 aliphatic carbocycles. The SMILES string of the molecule is Cc1ccc(NC(=O)NC(C)c2nnc(C(C)C)o2)cc1C#N. The third-order valence-corrected chi connectivity index (χ3v) is 3.28. The summed E-state index contributed by atoms with van der Waals surface area (Å²) in [6.45, 7) is 7.50. The summed E-state index contributed by atoms with van der Waals surface area (Å²) in [5.74, 6) is 1.02. The van der Waals surface area contributed by atoms with Crippen molar-refractivity contribution >= 4 is 11.7 Å². The number of benzene rings is 1. The van der Waals surface area contributed by atoms with Crippen LogP contribution in [0.25, 0.3) is 0 Å². The van der Waals surface area contributed by atoms with E-state index in [0.29, 0.717) is 23.0 Å². The lowest BCUT2D eigenvalue weighted by Gasteiger charge is -2.12. The van der Waals surface area contributed by atoms with Crippen LogP contribution in [0, 0.1) is 18.3 Å². The van der Waals surface area contributed by atoms with Gasteiger partial charge in [0.05, 0.1) is 11.6 Å². The second kappa shape index (κ2) is 6.92. The van der Waals surface area contributed by atoms with E-state index in [2.05, 4.69) is 26.9 Å². The summed E-state index contributed by atoms with van der Waals surface area (Å²) in [5.41, 5.74) is 1.93. The summed E-state index contributed by atoms with van der Waals surface area (Å²) in [6.07, 6.45) is 0. The van der Waals surface area contributed by atoms with E-state index in [1.54, 1.807) is 25.1 Å². The molecule has 23 heavy (non-hydrogen) atoms. The summed E-state index contributed by atoms with van der Waals surface area (Å²) < 4.78 is 5.50. The number of nitrogens with one attached hydrogen (secondary N) is 2. The second-order valence-corrected chi connectivity index (χ2v) is 5.59. The van der Waals surface area contributed by atoms with Crippen molar-refractivity contribution in [1.29, 1.82) is 5.26 Å². The Labute approximate surface area is 134 Å². The molecule has 7 heteroatoms. The Morgan fingerprint density at radius 3 is 2.57 bits per heavy atom. The molecule has 0 bridgehead atoms. The first kappa shape index (κ1) is 16.5. The van der Waals surface area contributed by atoms with Crippen LogP contribution in [0.4, 0.5) is 10.5 Å². The Balaban J connectivity index is 2.00. The van der Waals surface area contributed by atoms with E-state index in [-0.39, 0.29) is 5.92 Å². The number of carbonyl (C=O) groups is 1. The van der Waals surface area contributed by atoms with Crippen molar-refractivity contribution in [3.8, 4) is 6.07 Å². The van der Waals surface area contributed by atoms with Crippen molar-refractivity contribution in [3.63, 3.8) is 0 Å². The third kappa shape index (κ3) is 4.07. The first-order valence-electron chi connectivity index (χ1n) is 7.32. The third-order valence-electron chi connectivity index (χ3n) is 3.28. The maximum atomic E-state index is 12.0. The van der Waals surface area contributed by atoms with Gasteiger partial charge in [-0.1, -0.05) is 19.9 Å². The molecule has 0 fully saturated rings. The molecule has 0 spiro atoms. The molecule has 2 amide bonds. The van der Waals surface area contributed by atoms with E-state index in [4.69, 9.17) is 9.68 Å². The molecule has 1 unspecified atom stereocenters. The summed E-state index contributed by atoms with van der Waals surface area (Å²) in [6, 6.07) is 6.41. The zero-order valence-corrected chi connectivity index (χ0v) is 13.5. The van der Waals surface area contributed by atoms with Gasteiger partial charge in [-0.15, -0.1) is 10.2 Å². The Hall–Kier alpha value is -2.88. The van der Waals surface area contributed by atoms with Crippen molar-refractivity contribution in [2.24, 2.45) is 0 Å². The van der Waals surface area contributed by atoms with Crippen LogP contribution in [0.1, 0.15) is 55.6 Å². The van der Waals surface area contributed by atoms with E-state index in [1.807, 2.05) is 20.8 Å². The molecular weight excluding hydrogens is 294 g/mol. The van der Waals surface area contributed by atoms with Gasteiger partial charge in [0.15, 0.2) is 0 Å². The van der Waals surface area contributed by atoms with Gasteiger partial charge in [-0.25, -0.2) is 4.79 Å². The first-order chi connectivity index (χ1) is 10.9. The fraction of sp³-hybridized carbons (Fsp3) is 0.375. The number of amides is 2. The fourth-order valence-electron chi connectivity index (χ4n) is 1.90. The number of aryl methyl sites for hydroxylation is 1. The number of urea groups is 1. The number of hydrogen-bond acceptors (Lipinski definition) is 5. The number of anilines is 1. The molecule has 0 aliphatic rings. The number of aromatic nitrogens is 2. The maximum Gasteiger partial charge on any atom is 0.319 e. The van der Waals surface area contributed by atoms with E-state index in [9.17, 15) is 4.79 Å². The monoisotopic (exact) mass is 313 g/mol. The van der Waals surface area contributed by atoms with Crippen LogP contribution in [0.2, 0.25) is 0 Å². The molecule has 120 valence electrons. The minimum absolute atomic E-state index is 0.134. The minimum Gasteiger partial charge on any atom is -0.423 e. The van der Waals surface area contributed by atoms with Crippen molar-refractivity contribution in [3.05, 3.63) is 41.1 Å². The maximum absolute atomic E-state index is 12.0. The smallest absolute Gasteiger partial charge is 0.319 e. The summed E-state index contributed by atoms with van der Waals surface area (Å²) in [4.78, 5) is 12.0. The molecule has 0 saturated heterocycles. The molecule has 0 saturated carbocycles. The molecule has 1 heterocycles. The van der Waals surface area contributed by atoms with Crippen LogP contribution < -0.4 is 10.6 Å². The Kier molecular flexibility index (Phi) is 4.96. The molecule has 1 aromatic carbocycles. The Bertz CT molecular complexity index is 745. The van der Waals surface area contributed by atoms with Crippen molar-refractivity contribution in [2.75, 3.05) is 5.32 Å². The predicted molar refractivity (Wildman–Crippen MR) is 84.9 cm³/mol. The van der Waals surface area contributed by atoms with Gasteiger partial charge in [0.1, 0.15) is 6.04 Å². The van der Waals surface area contributed by atoms with Crippen LogP contribution >= 0.6 is 0 Å². The van der Waals surface area contributed by atoms with Crippen LogP contribution in [0.15, 0.2) is 22.6 Å². The largest absolute Gasteiger partial charge is 0.423 e. The van der Waals surface area contributed by atoms with Gasteiger partial charge in [-0.2, -0.15) is 5.26 Å². The molecule has 2 N–H and O–H groups in total. The quantitative estimate of drug-likeness (QED) is 0.901. The molecule has 2 aromatic rings. The van der Waals surface area contributed by atoms with Gasteiger partial charge >= 0.3 is 6.03 Å². The molecule has 1 aromatic heterocycles. The van der Waals surface area contributed by atoms with Crippen molar-refractivity contribution in [1.82, 2.24) is 15.5 Å². The van der Waals surface area contributed by atoms with E-state index >= 15 is 0 Å². The topological polar surface area (TPSA) is 104 Å². The highest BCUT2D eigenvalue weighted by Gasteiger charge is 2.17. The van der Waals surface area contributed by atoms with Gasteiger partial charge in [0.25, 0.3) is 0 Å². The molecule has 0 aliphatic heterocycles. The summed E-state index contributed by atoms with van der Waals surface area (Å²) >= 11 is 0. The summed E-state index contributed by atoms with van der Waals surface area (Å²) in [5, 5.41) is 22.3. The minimum atomic E-state index is -0.420. The highest BCUT2D eigenvalue weighted by Crippen LogP contribution is 2.17. The summed E-state index contributed by atoms with van der Waals surface area (Å²) in [7, 11) is 0. The number of hydrogen-bond donors (Lipinski definition) is 2. The van der Waals surface area contributed by atoms with Crippen LogP contribution in [0.3, 0.4) is 0 Å². The number of carbonyl (C=O) groups excluding carboxylic acids is 1. The van der Waals surface area contributed by atoms with Crippen LogP contribution in [-0.4, -0.2) is 16.2 Å². The average molecular weight is 313 g/mol. The highest BCUT2D eigenvalue weighted by atomic mass is 16.4. The van der Waals surface area contributed by atoms with Gasteiger partial charge in [0.2, 0.25) is 11.8 Å². The molecule has 1 atom stereocenters. The number of nitriles is 1. The molecule has 7 nitrogen and oxygen atoms in total. The molecular formula is C16H19N5O2. The zero-order valence-electron chi connectivity index (χ0n) is 13.5. The van der Waals surface area contributed by atoms with Crippen LogP contribution in [0.5, 0.6) is 0 Å². The van der Waals surface area contributed by atoms with Crippen molar-refractivity contribution < 1.29 is 9.21 Å². The lowest BCUT2D eigenvalue weighted by atomic mass is 10.1. The normalized spacial score (nSPS) is 11.8. The number of nitrogens with zero attached hydrogens (tertiary/aromatic N) is 3. The lowest BCUT2D eigenvalue weighted by Crippen LogP contribution is -2.31.